The van der Waals surface area contributed by atoms with Crippen molar-refractivity contribution in [3.8, 4) is 11.5 Å². The summed E-state index contributed by atoms with van der Waals surface area (Å²) in [6, 6.07) is 0. The summed E-state index contributed by atoms with van der Waals surface area (Å²) in [6.07, 6.45) is 0. The fourth-order valence-corrected chi connectivity index (χ4v) is 0.533. The Labute approximate surface area is 69.9 Å². The van der Waals surface area contributed by atoms with Crippen LogP contribution in [0.25, 0.3) is 0 Å². The Hall–Kier alpha value is -1.77. The van der Waals surface area contributed by atoms with Gasteiger partial charge in [-0.3, -0.25) is 14.4 Å². The van der Waals surface area contributed by atoms with Crippen molar-refractivity contribution in [2.45, 2.75) is 0 Å². The molecule has 0 aliphatic carbocycles. The maximum absolute atomic E-state index is 10.3. The summed E-state index contributed by atoms with van der Waals surface area (Å²) in [5, 5.41) is 16.9. The van der Waals surface area contributed by atoms with E-state index in [9.17, 15) is 14.4 Å². The fourth-order valence-electron chi connectivity index (χ4n) is 0.533. The van der Waals surface area contributed by atoms with Gasteiger partial charge >= 0.3 is 0 Å². The topological polar surface area (TPSA) is 186 Å². The van der Waals surface area contributed by atoms with Crippen molar-refractivity contribution in [2.75, 3.05) is 0 Å². The van der Waals surface area contributed by atoms with Crippen LogP contribution in [0.1, 0.15) is 0 Å². The maximum Gasteiger partial charge on any atom is 0.280 e. The van der Waals surface area contributed by atoms with Crippen LogP contribution in [0.5, 0.6) is 11.5 Å². The first kappa shape index (κ1) is 17.4. The van der Waals surface area contributed by atoms with E-state index in [2.05, 4.69) is 0 Å². The van der Waals surface area contributed by atoms with Crippen molar-refractivity contribution in [1.82, 2.24) is 0 Å². The molecule has 0 atom stereocenters. The molecule has 8 nitrogen and oxygen atoms in total. The van der Waals surface area contributed by atoms with E-state index in [1.807, 2.05) is 0 Å². The first-order valence-corrected chi connectivity index (χ1v) is 2.31. The molecule has 0 saturated carbocycles. The van der Waals surface area contributed by atoms with Crippen molar-refractivity contribution in [2.24, 2.45) is 0 Å². The largest absolute Gasteiger partial charge is 0.501 e. The molecule has 13 heavy (non-hydrogen) atoms. The van der Waals surface area contributed by atoms with Gasteiger partial charge in [-0.1, -0.05) is 0 Å². The van der Waals surface area contributed by atoms with Crippen LogP contribution in [0.3, 0.4) is 0 Å². The third kappa shape index (κ3) is 2.08. The van der Waals surface area contributed by atoms with Crippen LogP contribution in [-0.4, -0.2) is 26.6 Å². The average molecular weight is 196 g/mol. The van der Waals surface area contributed by atoms with E-state index < -0.39 is 27.8 Å². The molecule has 8 heteroatoms. The van der Waals surface area contributed by atoms with Gasteiger partial charge in [0.15, 0.2) is 0 Å². The highest BCUT2D eigenvalue weighted by molar-refractivity contribution is 5.38. The number of hydrogen-bond acceptors (Lipinski definition) is 5. The van der Waals surface area contributed by atoms with Gasteiger partial charge in [0.1, 0.15) is 0 Å². The lowest BCUT2D eigenvalue weighted by Crippen LogP contribution is -2.29. The molecule has 0 unspecified atom stereocenters. The second-order valence-electron chi connectivity index (χ2n) is 1.68. The van der Waals surface area contributed by atoms with Crippen molar-refractivity contribution >= 4 is 0 Å². The van der Waals surface area contributed by atoms with E-state index in [-0.39, 0.29) is 16.4 Å². The van der Waals surface area contributed by atoms with E-state index in [4.69, 9.17) is 10.2 Å². The van der Waals surface area contributed by atoms with Gasteiger partial charge in [0, 0.05) is 0 Å². The Morgan fingerprint density at radius 2 is 0.846 bits per heavy atom. The minimum Gasteiger partial charge on any atom is -0.501 e. The molecule has 0 aliphatic heterocycles. The summed E-state index contributed by atoms with van der Waals surface area (Å²) in [4.78, 5) is 30.8. The highest BCUT2D eigenvalue weighted by atomic mass is 16.3. The van der Waals surface area contributed by atoms with E-state index >= 15 is 0 Å². The van der Waals surface area contributed by atoms with Gasteiger partial charge in [0.05, 0.1) is 0 Å². The second-order valence-corrected chi connectivity index (χ2v) is 1.68. The Morgan fingerprint density at radius 3 is 0.923 bits per heavy atom. The second kappa shape index (κ2) is 4.98. The first-order chi connectivity index (χ1) is 4.55. The Balaban J connectivity index is -0.000000333. The summed E-state index contributed by atoms with van der Waals surface area (Å²) in [5.74, 6) is -2.31. The molecule has 76 valence electrons. The molecule has 0 fully saturated rings. The standard InChI is InChI=1S/C5H2O5.3H2O/c6-1-2(7)4(9)5(10)3(1)8;;;/h6-7H;3*1H2. The highest BCUT2D eigenvalue weighted by Crippen LogP contribution is 2.09. The van der Waals surface area contributed by atoms with Gasteiger partial charge in [0.25, 0.3) is 16.3 Å². The Kier molecular flexibility index (Phi) is 6.65. The van der Waals surface area contributed by atoms with Crippen molar-refractivity contribution in [3.63, 3.8) is 0 Å². The van der Waals surface area contributed by atoms with Crippen molar-refractivity contribution < 1.29 is 26.6 Å². The zero-order valence-electron chi connectivity index (χ0n) is 6.12. The van der Waals surface area contributed by atoms with E-state index in [1.165, 1.54) is 0 Å². The molecule has 0 spiro atoms. The lowest BCUT2D eigenvalue weighted by Gasteiger charge is -1.77. The average Bonchev–Trinajstić information content (AvgIpc) is 2.07. The van der Waals surface area contributed by atoms with Crippen molar-refractivity contribution in [1.29, 1.82) is 0 Å². The predicted molar refractivity (Wildman–Crippen MR) is 41.8 cm³/mol. The van der Waals surface area contributed by atoms with Crippen LogP contribution < -0.4 is 16.3 Å². The third-order valence-electron chi connectivity index (χ3n) is 1.07. The Bertz CT molecular complexity index is 361. The summed E-state index contributed by atoms with van der Waals surface area (Å²) in [7, 11) is 0. The molecule has 0 heterocycles. The first-order valence-electron chi connectivity index (χ1n) is 2.31. The Morgan fingerprint density at radius 1 is 0.615 bits per heavy atom. The quantitative estimate of drug-likeness (QED) is 0.395. The molecule has 0 saturated heterocycles. The molecule has 1 rings (SSSR count). The molecule has 0 radical (unpaired) electrons. The molecule has 8 N–H and O–H groups in total. The minimum atomic E-state index is -1.39. The molecular formula is C5H8O8. The van der Waals surface area contributed by atoms with Crippen LogP contribution in [0, 0.1) is 0 Å². The van der Waals surface area contributed by atoms with Crippen LogP contribution >= 0.6 is 0 Å². The lowest BCUT2D eigenvalue weighted by atomic mass is 10.5. The summed E-state index contributed by atoms with van der Waals surface area (Å²) in [5.41, 5.74) is -4.08. The smallest absolute Gasteiger partial charge is 0.280 e. The fraction of sp³-hybridized carbons (Fsp3) is 0. The molecule has 1 aromatic rings. The van der Waals surface area contributed by atoms with Gasteiger partial charge in [0.2, 0.25) is 11.5 Å². The van der Waals surface area contributed by atoms with Gasteiger partial charge in [-0.15, -0.1) is 0 Å². The minimum absolute atomic E-state index is 0. The summed E-state index contributed by atoms with van der Waals surface area (Å²) in [6.45, 7) is 0. The number of aromatic hydroxyl groups is 2. The molecule has 1 aromatic carbocycles. The normalized spacial score (nSPS) is 7.69. The van der Waals surface area contributed by atoms with Crippen molar-refractivity contribution in [3.05, 3.63) is 30.7 Å². The van der Waals surface area contributed by atoms with Gasteiger partial charge in [-0.2, -0.15) is 0 Å². The van der Waals surface area contributed by atoms with Crippen LogP contribution in [0.15, 0.2) is 14.4 Å². The number of hydrogen-bond donors (Lipinski definition) is 2. The molecule has 0 aliphatic rings. The van der Waals surface area contributed by atoms with Crippen LogP contribution in [-0.2, 0) is 0 Å². The maximum atomic E-state index is 10.3. The van der Waals surface area contributed by atoms with Gasteiger partial charge in [-0.05, 0) is 0 Å². The zero-order valence-corrected chi connectivity index (χ0v) is 6.12. The van der Waals surface area contributed by atoms with Crippen LogP contribution in [0.2, 0.25) is 0 Å². The summed E-state index contributed by atoms with van der Waals surface area (Å²) >= 11 is 0. The molecule has 0 aromatic heterocycles. The lowest BCUT2D eigenvalue weighted by molar-refractivity contribution is 0.402. The van der Waals surface area contributed by atoms with Crippen LogP contribution in [0.4, 0.5) is 0 Å². The van der Waals surface area contributed by atoms with E-state index in [0.29, 0.717) is 0 Å². The highest BCUT2D eigenvalue weighted by Gasteiger charge is 2.16. The van der Waals surface area contributed by atoms with Gasteiger partial charge in [-0.25, -0.2) is 0 Å². The third-order valence-corrected chi connectivity index (χ3v) is 1.07. The molecule has 0 amide bonds. The molecular weight excluding hydrogens is 188 g/mol. The predicted octanol–water partition coefficient (Wildman–Crippen LogP) is -4.42. The SMILES string of the molecule is O.O.O.O=c1c(O)c(O)c(=O)c1=O. The molecule has 0 bridgehead atoms. The van der Waals surface area contributed by atoms with Gasteiger partial charge < -0.3 is 26.6 Å². The van der Waals surface area contributed by atoms with E-state index in [0.717, 1.165) is 0 Å². The zero-order chi connectivity index (χ0) is 7.89. The monoisotopic (exact) mass is 196 g/mol. The van der Waals surface area contributed by atoms with E-state index in [1.54, 1.807) is 0 Å². The summed E-state index contributed by atoms with van der Waals surface area (Å²) < 4.78 is 0. The number of rotatable bonds is 0.